The van der Waals surface area contributed by atoms with Gasteiger partial charge in [-0.2, -0.15) is 0 Å². The first kappa shape index (κ1) is 16.2. The lowest BCUT2D eigenvalue weighted by Crippen LogP contribution is -2.43. The van der Waals surface area contributed by atoms with Crippen molar-refractivity contribution in [3.8, 4) is 0 Å². The Kier molecular flexibility index (Phi) is 4.88. The molecule has 7 nitrogen and oxygen atoms in total. The Morgan fingerprint density at radius 3 is 2.88 bits per heavy atom. The van der Waals surface area contributed by atoms with Crippen LogP contribution in [0.3, 0.4) is 0 Å². The summed E-state index contributed by atoms with van der Waals surface area (Å²) in [7, 11) is 1.98. The molecule has 1 aliphatic rings. The molecule has 0 aliphatic carbocycles. The number of amides is 3. The van der Waals surface area contributed by atoms with Crippen LogP contribution in [0.25, 0.3) is 0 Å². The van der Waals surface area contributed by atoms with Crippen LogP contribution in [-0.4, -0.2) is 34.5 Å². The lowest BCUT2D eigenvalue weighted by Gasteiger charge is -2.25. The average Bonchev–Trinajstić information content (AvgIpc) is 3.31. The molecule has 0 spiro atoms. The number of likely N-dealkylation sites (tertiary alicyclic amines) is 1. The molecule has 0 saturated carbocycles. The second-order valence-electron chi connectivity index (χ2n) is 5.90. The first-order valence-corrected chi connectivity index (χ1v) is 8.10. The quantitative estimate of drug-likeness (QED) is 0.877. The summed E-state index contributed by atoms with van der Waals surface area (Å²) in [6, 6.07) is 7.27. The molecule has 0 aromatic carbocycles. The summed E-state index contributed by atoms with van der Waals surface area (Å²) < 4.78 is 7.18. The van der Waals surface area contributed by atoms with E-state index in [0.29, 0.717) is 12.3 Å². The van der Waals surface area contributed by atoms with Crippen LogP contribution >= 0.6 is 0 Å². The normalized spacial score (nSPS) is 17.0. The van der Waals surface area contributed by atoms with Crippen molar-refractivity contribution in [3.63, 3.8) is 0 Å². The van der Waals surface area contributed by atoms with Gasteiger partial charge in [-0.3, -0.25) is 4.79 Å². The Hall–Kier alpha value is -2.70. The number of nitrogens with zero attached hydrogens (tertiary/aromatic N) is 2. The van der Waals surface area contributed by atoms with Gasteiger partial charge in [-0.05, 0) is 37.1 Å². The van der Waals surface area contributed by atoms with Crippen molar-refractivity contribution in [1.82, 2.24) is 20.1 Å². The minimum absolute atomic E-state index is 0.00902. The largest absolute Gasteiger partial charge is 0.467 e. The molecule has 2 aromatic rings. The number of carbonyl (C=O) groups excluding carboxylic acids is 2. The molecule has 3 amide bonds. The van der Waals surface area contributed by atoms with Gasteiger partial charge in [0.15, 0.2) is 0 Å². The number of carbonyl (C=O) groups is 2. The standard InChI is InChI=1S/C17H22N4O3/c1-20-8-2-6-14(20)15-7-3-9-21(15)16(22)12-19-17(23)18-11-13-5-4-10-24-13/h2,4-6,8,10,15H,3,7,9,11-12H2,1H3,(H2,18,19,23). The highest BCUT2D eigenvalue weighted by molar-refractivity contribution is 5.84. The van der Waals surface area contributed by atoms with Crippen molar-refractivity contribution < 1.29 is 14.0 Å². The molecule has 2 aromatic heterocycles. The number of furan rings is 1. The van der Waals surface area contributed by atoms with E-state index in [0.717, 1.165) is 25.1 Å². The summed E-state index contributed by atoms with van der Waals surface area (Å²) in [5.74, 6) is 0.603. The number of hydrogen-bond acceptors (Lipinski definition) is 3. The molecule has 3 heterocycles. The molecular formula is C17H22N4O3. The highest BCUT2D eigenvalue weighted by Gasteiger charge is 2.31. The molecule has 7 heteroatoms. The fraction of sp³-hybridized carbons (Fsp3) is 0.412. The average molecular weight is 330 g/mol. The van der Waals surface area contributed by atoms with E-state index >= 15 is 0 Å². The van der Waals surface area contributed by atoms with Crippen molar-refractivity contribution in [2.45, 2.75) is 25.4 Å². The van der Waals surface area contributed by atoms with Crippen molar-refractivity contribution in [2.75, 3.05) is 13.1 Å². The second kappa shape index (κ2) is 7.25. The summed E-state index contributed by atoms with van der Waals surface area (Å²) in [6.45, 7) is 1.01. The number of urea groups is 1. The minimum Gasteiger partial charge on any atom is -0.467 e. The lowest BCUT2D eigenvalue weighted by atomic mass is 10.1. The maximum Gasteiger partial charge on any atom is 0.315 e. The van der Waals surface area contributed by atoms with E-state index in [1.807, 2.05) is 34.8 Å². The van der Waals surface area contributed by atoms with E-state index in [1.54, 1.807) is 18.4 Å². The van der Waals surface area contributed by atoms with Crippen molar-refractivity contribution >= 4 is 11.9 Å². The highest BCUT2D eigenvalue weighted by Crippen LogP contribution is 2.31. The smallest absolute Gasteiger partial charge is 0.315 e. The maximum absolute atomic E-state index is 12.5. The Bertz CT molecular complexity index is 693. The first-order valence-electron chi connectivity index (χ1n) is 8.10. The van der Waals surface area contributed by atoms with Gasteiger partial charge in [0.25, 0.3) is 0 Å². The molecular weight excluding hydrogens is 308 g/mol. The van der Waals surface area contributed by atoms with Crippen LogP contribution < -0.4 is 10.6 Å². The van der Waals surface area contributed by atoms with E-state index in [9.17, 15) is 9.59 Å². The molecule has 1 unspecified atom stereocenters. The van der Waals surface area contributed by atoms with Gasteiger partial charge < -0.3 is 24.5 Å². The zero-order chi connectivity index (χ0) is 16.9. The summed E-state index contributed by atoms with van der Waals surface area (Å²) in [4.78, 5) is 26.1. The Morgan fingerprint density at radius 2 is 2.17 bits per heavy atom. The number of rotatable bonds is 5. The fourth-order valence-corrected chi connectivity index (χ4v) is 3.09. The molecule has 1 atom stereocenters. The summed E-state index contributed by atoms with van der Waals surface area (Å²) in [6.07, 6.45) is 5.47. The molecule has 2 N–H and O–H groups in total. The van der Waals surface area contributed by atoms with Gasteiger partial charge >= 0.3 is 6.03 Å². The van der Waals surface area contributed by atoms with E-state index in [2.05, 4.69) is 10.6 Å². The SMILES string of the molecule is Cn1cccc1C1CCCN1C(=O)CNC(=O)NCc1ccco1. The van der Waals surface area contributed by atoms with Gasteiger partial charge in [0.05, 0.1) is 25.4 Å². The fourth-order valence-electron chi connectivity index (χ4n) is 3.09. The Morgan fingerprint density at radius 1 is 1.29 bits per heavy atom. The van der Waals surface area contributed by atoms with Crippen LogP contribution in [0.15, 0.2) is 41.1 Å². The molecule has 0 radical (unpaired) electrons. The van der Waals surface area contributed by atoms with Crippen LogP contribution in [0.5, 0.6) is 0 Å². The zero-order valence-electron chi connectivity index (χ0n) is 13.7. The molecule has 1 aliphatic heterocycles. The highest BCUT2D eigenvalue weighted by atomic mass is 16.3. The van der Waals surface area contributed by atoms with Gasteiger partial charge in [0, 0.05) is 25.5 Å². The molecule has 128 valence electrons. The van der Waals surface area contributed by atoms with Gasteiger partial charge in [-0.15, -0.1) is 0 Å². The maximum atomic E-state index is 12.5. The van der Waals surface area contributed by atoms with Crippen molar-refractivity contribution in [2.24, 2.45) is 7.05 Å². The monoisotopic (exact) mass is 330 g/mol. The third-order valence-corrected chi connectivity index (χ3v) is 4.30. The van der Waals surface area contributed by atoms with Crippen LogP contribution in [0.4, 0.5) is 4.79 Å². The number of nitrogens with one attached hydrogen (secondary N) is 2. The van der Waals surface area contributed by atoms with Gasteiger partial charge in [0.1, 0.15) is 5.76 Å². The van der Waals surface area contributed by atoms with Crippen LogP contribution in [-0.2, 0) is 18.4 Å². The summed E-state index contributed by atoms with van der Waals surface area (Å²) in [5, 5.41) is 5.27. The molecule has 1 fully saturated rings. The van der Waals surface area contributed by atoms with E-state index in [4.69, 9.17) is 4.42 Å². The third kappa shape index (κ3) is 3.61. The lowest BCUT2D eigenvalue weighted by molar-refractivity contribution is -0.131. The topological polar surface area (TPSA) is 79.5 Å². The predicted octanol–water partition coefficient (Wildman–Crippen LogP) is 1.78. The molecule has 0 bridgehead atoms. The van der Waals surface area contributed by atoms with Crippen molar-refractivity contribution in [3.05, 3.63) is 48.2 Å². The van der Waals surface area contributed by atoms with E-state index < -0.39 is 0 Å². The third-order valence-electron chi connectivity index (χ3n) is 4.30. The second-order valence-corrected chi connectivity index (χ2v) is 5.90. The van der Waals surface area contributed by atoms with Gasteiger partial charge in [-0.1, -0.05) is 0 Å². The van der Waals surface area contributed by atoms with Crippen LogP contribution in [0, 0.1) is 0 Å². The Labute approximate surface area is 140 Å². The summed E-state index contributed by atoms with van der Waals surface area (Å²) >= 11 is 0. The van der Waals surface area contributed by atoms with E-state index in [1.165, 1.54) is 0 Å². The molecule has 1 saturated heterocycles. The van der Waals surface area contributed by atoms with E-state index in [-0.39, 0.29) is 24.5 Å². The van der Waals surface area contributed by atoms with Crippen LogP contribution in [0.2, 0.25) is 0 Å². The zero-order valence-corrected chi connectivity index (χ0v) is 13.7. The number of aryl methyl sites for hydroxylation is 1. The van der Waals surface area contributed by atoms with Crippen molar-refractivity contribution in [1.29, 1.82) is 0 Å². The van der Waals surface area contributed by atoms with Gasteiger partial charge in [-0.25, -0.2) is 4.79 Å². The molecule has 24 heavy (non-hydrogen) atoms. The Balaban J connectivity index is 1.49. The van der Waals surface area contributed by atoms with Gasteiger partial charge in [0.2, 0.25) is 5.91 Å². The van der Waals surface area contributed by atoms with Crippen LogP contribution in [0.1, 0.15) is 30.3 Å². The molecule has 3 rings (SSSR count). The number of hydrogen-bond donors (Lipinski definition) is 2. The predicted molar refractivity (Wildman–Crippen MR) is 88.0 cm³/mol. The first-order chi connectivity index (χ1) is 11.6. The minimum atomic E-state index is -0.380. The number of aromatic nitrogens is 1. The summed E-state index contributed by atoms with van der Waals surface area (Å²) in [5.41, 5.74) is 1.13.